The minimum absolute atomic E-state index is 0.0297. The summed E-state index contributed by atoms with van der Waals surface area (Å²) in [7, 11) is -1.65. The highest BCUT2D eigenvalue weighted by Gasteiger charge is 2.23. The molecule has 0 unspecified atom stereocenters. The number of hydrogen-bond donors (Lipinski definition) is 0. The van der Waals surface area contributed by atoms with Crippen molar-refractivity contribution in [1.29, 1.82) is 0 Å². The molecule has 1 aliphatic carbocycles. The van der Waals surface area contributed by atoms with Gasteiger partial charge in [-0.3, -0.25) is 9.78 Å². The summed E-state index contributed by atoms with van der Waals surface area (Å²) in [5.41, 5.74) is 3.27. The summed E-state index contributed by atoms with van der Waals surface area (Å²) in [6.07, 6.45) is 9.75. The summed E-state index contributed by atoms with van der Waals surface area (Å²) < 4.78 is 28.2. The van der Waals surface area contributed by atoms with Gasteiger partial charge in [-0.25, -0.2) is 8.42 Å². The smallest absolute Gasteiger partial charge is 0.253 e. The maximum atomic E-state index is 12.2. The molecular weight excluding hydrogens is 362 g/mol. The molecule has 1 fully saturated rings. The number of nitrogens with zero attached hydrogens (tertiary/aromatic N) is 3. The molecule has 142 valence electrons. The topological polar surface area (TPSA) is 74.0 Å². The Morgan fingerprint density at radius 2 is 1.96 bits per heavy atom. The van der Waals surface area contributed by atoms with Crippen LogP contribution in [0.2, 0.25) is 0 Å². The molecule has 4 rings (SSSR count). The van der Waals surface area contributed by atoms with Gasteiger partial charge in [0, 0.05) is 48.8 Å². The van der Waals surface area contributed by atoms with Crippen molar-refractivity contribution >= 4 is 20.7 Å². The Labute approximate surface area is 158 Å². The predicted molar refractivity (Wildman–Crippen MR) is 106 cm³/mol. The molecule has 27 heavy (non-hydrogen) atoms. The molecule has 0 spiro atoms. The molecule has 0 amide bonds. The van der Waals surface area contributed by atoms with E-state index in [2.05, 4.69) is 9.55 Å². The minimum Gasteiger partial charge on any atom is -0.339 e. The number of aryl methyl sites for hydroxylation is 3. The molecule has 0 saturated heterocycles. The fourth-order valence-corrected chi connectivity index (χ4v) is 4.47. The van der Waals surface area contributed by atoms with E-state index in [1.165, 1.54) is 25.3 Å². The van der Waals surface area contributed by atoms with Crippen LogP contribution in [0.3, 0.4) is 0 Å². The minimum atomic E-state index is -3.39. The average Bonchev–Trinajstić information content (AvgIpc) is 3.35. The zero-order valence-corrected chi connectivity index (χ0v) is 16.6. The van der Waals surface area contributed by atoms with Crippen molar-refractivity contribution in [2.24, 2.45) is 13.0 Å². The van der Waals surface area contributed by atoms with Crippen molar-refractivity contribution in [2.45, 2.75) is 37.6 Å². The lowest BCUT2D eigenvalue weighted by Crippen LogP contribution is -2.18. The van der Waals surface area contributed by atoms with E-state index in [9.17, 15) is 13.2 Å². The van der Waals surface area contributed by atoms with E-state index in [4.69, 9.17) is 0 Å². The van der Waals surface area contributed by atoms with E-state index >= 15 is 0 Å². The van der Waals surface area contributed by atoms with E-state index in [-0.39, 0.29) is 10.5 Å². The van der Waals surface area contributed by atoms with Gasteiger partial charge in [0.25, 0.3) is 5.56 Å². The Morgan fingerprint density at radius 1 is 1.22 bits per heavy atom. The first-order valence-corrected chi connectivity index (χ1v) is 11.0. The first-order valence-electron chi connectivity index (χ1n) is 9.10. The summed E-state index contributed by atoms with van der Waals surface area (Å²) >= 11 is 0. The Morgan fingerprint density at radius 3 is 2.59 bits per heavy atom. The van der Waals surface area contributed by atoms with Gasteiger partial charge in [0.2, 0.25) is 0 Å². The van der Waals surface area contributed by atoms with E-state index in [1.807, 2.05) is 18.3 Å². The molecule has 3 heterocycles. The average molecular weight is 385 g/mol. The summed E-state index contributed by atoms with van der Waals surface area (Å²) in [6, 6.07) is 3.79. The van der Waals surface area contributed by atoms with Crippen LogP contribution < -0.4 is 5.56 Å². The van der Waals surface area contributed by atoms with Gasteiger partial charge in [-0.1, -0.05) is 12.8 Å². The van der Waals surface area contributed by atoms with Gasteiger partial charge >= 0.3 is 0 Å². The third kappa shape index (κ3) is 3.32. The molecule has 3 aromatic rings. The molecule has 0 aliphatic heterocycles. The summed E-state index contributed by atoms with van der Waals surface area (Å²) in [5.74, 6) is 0.753. The van der Waals surface area contributed by atoms with Gasteiger partial charge in [-0.15, -0.1) is 0 Å². The Hall–Kier alpha value is -2.41. The third-order valence-electron chi connectivity index (χ3n) is 5.31. The third-order valence-corrected chi connectivity index (χ3v) is 6.43. The summed E-state index contributed by atoms with van der Waals surface area (Å²) in [5, 5.41) is 0.685. The van der Waals surface area contributed by atoms with Crippen LogP contribution in [0.1, 0.15) is 24.8 Å². The summed E-state index contributed by atoms with van der Waals surface area (Å²) in [4.78, 5) is 16.5. The Bertz CT molecular complexity index is 1170. The zero-order chi connectivity index (χ0) is 19.3. The van der Waals surface area contributed by atoms with Crippen molar-refractivity contribution in [3.63, 3.8) is 0 Å². The lowest BCUT2D eigenvalue weighted by atomic mass is 10.1. The highest BCUT2D eigenvalue weighted by molar-refractivity contribution is 7.91. The molecule has 0 atom stereocenters. The molecule has 0 aromatic carbocycles. The van der Waals surface area contributed by atoms with Crippen molar-refractivity contribution in [3.05, 3.63) is 46.6 Å². The number of hydrogen-bond acceptors (Lipinski definition) is 4. The van der Waals surface area contributed by atoms with E-state index in [0.29, 0.717) is 10.9 Å². The van der Waals surface area contributed by atoms with Crippen LogP contribution in [-0.2, 0) is 23.4 Å². The first-order chi connectivity index (χ1) is 12.8. The first kappa shape index (κ1) is 18.0. The number of fused-ring (bicyclic) bond motifs is 1. The second-order valence-corrected chi connectivity index (χ2v) is 9.57. The number of aromatic nitrogens is 3. The van der Waals surface area contributed by atoms with Crippen LogP contribution >= 0.6 is 0 Å². The highest BCUT2D eigenvalue weighted by Crippen LogP contribution is 2.36. The fourth-order valence-electron chi connectivity index (χ4n) is 3.66. The predicted octanol–water partition coefficient (Wildman–Crippen LogP) is 2.91. The largest absolute Gasteiger partial charge is 0.339 e. The lowest BCUT2D eigenvalue weighted by Gasteiger charge is -2.12. The van der Waals surface area contributed by atoms with Gasteiger partial charge in [-0.05, 0) is 31.4 Å². The van der Waals surface area contributed by atoms with E-state index < -0.39 is 9.84 Å². The Balaban J connectivity index is 1.97. The van der Waals surface area contributed by atoms with Crippen LogP contribution in [0.4, 0.5) is 0 Å². The van der Waals surface area contributed by atoms with Crippen molar-refractivity contribution < 1.29 is 8.42 Å². The second-order valence-electron chi connectivity index (χ2n) is 7.58. The van der Waals surface area contributed by atoms with E-state index in [0.717, 1.165) is 35.7 Å². The van der Waals surface area contributed by atoms with Crippen LogP contribution in [0.5, 0.6) is 0 Å². The van der Waals surface area contributed by atoms with Gasteiger partial charge in [0.1, 0.15) is 0 Å². The van der Waals surface area contributed by atoms with Crippen molar-refractivity contribution in [1.82, 2.24) is 14.1 Å². The van der Waals surface area contributed by atoms with Crippen molar-refractivity contribution in [3.8, 4) is 11.3 Å². The second kappa shape index (κ2) is 6.34. The molecule has 3 aromatic heterocycles. The maximum absolute atomic E-state index is 12.2. The monoisotopic (exact) mass is 385 g/mol. The standard InChI is InChI=1S/C20H23N3O3S/c1-13-8-15(12-22(2)20(13)24)17-9-16-18(23(17)7-6-14-4-5-14)10-21-11-19(16)27(3,25)26/h8-12,14H,4-7H2,1-3H3. The van der Waals surface area contributed by atoms with Crippen LogP contribution in [0, 0.1) is 12.8 Å². The fraction of sp³-hybridized carbons (Fsp3) is 0.400. The molecule has 0 bridgehead atoms. The molecule has 6 nitrogen and oxygen atoms in total. The van der Waals surface area contributed by atoms with Crippen LogP contribution in [-0.4, -0.2) is 28.8 Å². The van der Waals surface area contributed by atoms with Gasteiger partial charge < -0.3 is 9.13 Å². The zero-order valence-electron chi connectivity index (χ0n) is 15.8. The summed E-state index contributed by atoms with van der Waals surface area (Å²) in [6.45, 7) is 2.60. The highest BCUT2D eigenvalue weighted by atomic mass is 32.2. The van der Waals surface area contributed by atoms with Gasteiger partial charge in [-0.2, -0.15) is 0 Å². The van der Waals surface area contributed by atoms with E-state index in [1.54, 1.807) is 24.7 Å². The number of rotatable bonds is 5. The SMILES string of the molecule is Cc1cc(-c2cc3c(S(C)(=O)=O)cncc3n2CCC2CC2)cn(C)c1=O. The molecule has 1 aliphatic rings. The molecule has 0 radical (unpaired) electrons. The quantitative estimate of drug-likeness (QED) is 0.677. The van der Waals surface area contributed by atoms with Crippen LogP contribution in [0.25, 0.3) is 22.2 Å². The number of sulfone groups is 1. The van der Waals surface area contributed by atoms with Crippen LogP contribution in [0.15, 0.2) is 40.4 Å². The molecule has 7 heteroatoms. The van der Waals surface area contributed by atoms with Gasteiger partial charge in [0.05, 0.1) is 22.3 Å². The maximum Gasteiger partial charge on any atom is 0.253 e. The Kier molecular flexibility index (Phi) is 4.22. The lowest BCUT2D eigenvalue weighted by molar-refractivity contribution is 0.602. The normalized spacial score (nSPS) is 14.8. The van der Waals surface area contributed by atoms with Gasteiger partial charge in [0.15, 0.2) is 9.84 Å². The van der Waals surface area contributed by atoms with Crippen molar-refractivity contribution in [2.75, 3.05) is 6.26 Å². The number of pyridine rings is 2. The molecular formula is C20H23N3O3S. The molecule has 0 N–H and O–H groups in total. The molecule has 1 saturated carbocycles.